The largest absolute Gasteiger partial charge is 2.00 e. The Bertz CT molecular complexity index is 1230. The predicted octanol–water partition coefficient (Wildman–Crippen LogP) is -0.394. The Morgan fingerprint density at radius 3 is 0.861 bits per heavy atom. The number of hydrogen-bond donors (Lipinski definition) is 0. The molecular weight excluding hydrogens is 744 g/mol. The maximum atomic E-state index is 2.16. The molecule has 0 aliphatic carbocycles. The van der Waals surface area contributed by atoms with Gasteiger partial charge in [0.05, 0.1) is 0 Å². The first-order valence-electron chi connectivity index (χ1n) is 10.5. The summed E-state index contributed by atoms with van der Waals surface area (Å²) in [6, 6.07) is 38.3. The summed E-state index contributed by atoms with van der Waals surface area (Å²) in [6.45, 7) is 6.42. The maximum Gasteiger partial charge on any atom is 2.00 e. The van der Waals surface area contributed by atoms with Crippen LogP contribution in [0, 0.1) is 20.8 Å². The third-order valence-corrected chi connectivity index (χ3v) is 5.69. The summed E-state index contributed by atoms with van der Waals surface area (Å²) in [7, 11) is 0. The fraction of sp³-hybridized carbons (Fsp3) is 0.100. The van der Waals surface area contributed by atoms with Crippen LogP contribution in [0.1, 0.15) is 16.7 Å². The minimum Gasteiger partial charge on any atom is -1.00 e. The van der Waals surface area contributed by atoms with E-state index in [1.54, 1.807) is 0 Å². The standard InChI is InChI=1S/3C10H9.3BrH.3Ti/c3*1-8-4-2-5-9-6-3-7-10(8)9;;;;;;/h3*2-7H,1H3;3*1H;;;/q3*-1;;;;3*+2/p-3. The van der Waals surface area contributed by atoms with Crippen molar-refractivity contribution in [1.82, 2.24) is 0 Å². The minimum absolute atomic E-state index is 0. The first-order chi connectivity index (χ1) is 14.6. The second-order valence-electron chi connectivity index (χ2n) is 7.81. The zero-order valence-electron chi connectivity index (χ0n) is 20.5. The summed E-state index contributed by atoms with van der Waals surface area (Å²) in [6.07, 6.45) is 0. The Balaban J connectivity index is -0.000000419. The van der Waals surface area contributed by atoms with Gasteiger partial charge in [0.2, 0.25) is 0 Å². The molecule has 0 aliphatic rings. The van der Waals surface area contributed by atoms with Crippen molar-refractivity contribution < 1.29 is 116 Å². The van der Waals surface area contributed by atoms with Gasteiger partial charge in [-0.05, 0) is 20.8 Å². The van der Waals surface area contributed by atoms with Crippen LogP contribution in [-0.2, 0) is 65.2 Å². The Morgan fingerprint density at radius 2 is 0.639 bits per heavy atom. The minimum atomic E-state index is 0. The van der Waals surface area contributed by atoms with Gasteiger partial charge in [-0.1, -0.05) is 34.9 Å². The van der Waals surface area contributed by atoms with E-state index in [1.165, 1.54) is 49.0 Å². The summed E-state index contributed by atoms with van der Waals surface area (Å²) in [4.78, 5) is 0. The third-order valence-electron chi connectivity index (χ3n) is 5.69. The average Bonchev–Trinajstić information content (AvgIpc) is 3.50. The van der Waals surface area contributed by atoms with Crippen molar-refractivity contribution in [1.29, 1.82) is 0 Å². The van der Waals surface area contributed by atoms with E-state index in [0.29, 0.717) is 0 Å². The van der Waals surface area contributed by atoms with E-state index in [9.17, 15) is 0 Å². The summed E-state index contributed by atoms with van der Waals surface area (Å²) in [5.74, 6) is 0. The Hall–Kier alpha value is 0.0729. The molecule has 6 heteroatoms. The van der Waals surface area contributed by atoms with E-state index in [2.05, 4.69) is 130 Å². The third kappa shape index (κ3) is 10.3. The smallest absolute Gasteiger partial charge is 1.00 e. The molecule has 0 saturated heterocycles. The molecule has 0 aromatic heterocycles. The first-order valence-corrected chi connectivity index (χ1v) is 10.5. The predicted molar refractivity (Wildman–Crippen MR) is 133 cm³/mol. The van der Waals surface area contributed by atoms with Crippen molar-refractivity contribution in [2.75, 3.05) is 0 Å². The Morgan fingerprint density at radius 1 is 0.389 bits per heavy atom. The van der Waals surface area contributed by atoms with Crippen LogP contribution < -0.4 is 50.9 Å². The topological polar surface area (TPSA) is 0 Å². The van der Waals surface area contributed by atoms with Gasteiger partial charge in [-0.25, -0.2) is 0 Å². The molecule has 0 fully saturated rings. The van der Waals surface area contributed by atoms with Crippen LogP contribution in [0.5, 0.6) is 0 Å². The molecule has 0 N–H and O–H groups in total. The van der Waals surface area contributed by atoms with Gasteiger partial charge in [-0.15, -0.1) is 86.9 Å². The maximum absolute atomic E-state index is 2.16. The SMILES string of the molecule is Cc1cccc2[cH-]ccc12.Cc1cccc2[cH-]ccc12.Cc1cccc2[cH-]ccc12.[Br-].[Br-].[Br-].[Ti+2].[Ti+2].[Ti+2]. The molecule has 6 rings (SSSR count). The van der Waals surface area contributed by atoms with Crippen molar-refractivity contribution in [3.05, 3.63) is 126 Å². The van der Waals surface area contributed by atoms with Crippen LogP contribution in [0.25, 0.3) is 32.3 Å². The van der Waals surface area contributed by atoms with Crippen LogP contribution in [0.15, 0.2) is 109 Å². The normalized spacial score (nSPS) is 8.75. The molecule has 0 spiro atoms. The van der Waals surface area contributed by atoms with Crippen molar-refractivity contribution >= 4 is 32.3 Å². The summed E-state index contributed by atoms with van der Waals surface area (Å²) >= 11 is 0. The number of halogens is 3. The van der Waals surface area contributed by atoms with Gasteiger partial charge < -0.3 is 50.9 Å². The Labute approximate surface area is 291 Å². The second-order valence-corrected chi connectivity index (χ2v) is 7.81. The van der Waals surface area contributed by atoms with Crippen molar-refractivity contribution in [3.63, 3.8) is 0 Å². The van der Waals surface area contributed by atoms with Crippen LogP contribution in [0.3, 0.4) is 0 Å². The van der Waals surface area contributed by atoms with Gasteiger partial charge in [-0.2, -0.15) is 36.4 Å². The van der Waals surface area contributed by atoms with Crippen LogP contribution >= 0.6 is 0 Å². The molecule has 0 heterocycles. The van der Waals surface area contributed by atoms with Gasteiger partial charge in [0.25, 0.3) is 0 Å². The van der Waals surface area contributed by atoms with E-state index >= 15 is 0 Å². The zero-order chi connectivity index (χ0) is 20.9. The molecule has 180 valence electrons. The van der Waals surface area contributed by atoms with E-state index < -0.39 is 0 Å². The molecule has 0 aliphatic heterocycles. The van der Waals surface area contributed by atoms with Gasteiger partial charge in [0.1, 0.15) is 0 Å². The molecule has 0 amide bonds. The van der Waals surface area contributed by atoms with Gasteiger partial charge in [0.15, 0.2) is 0 Å². The van der Waals surface area contributed by atoms with Crippen LogP contribution in [0.4, 0.5) is 0 Å². The first kappa shape index (κ1) is 40.6. The Kier molecular flexibility index (Phi) is 22.6. The van der Waals surface area contributed by atoms with Crippen LogP contribution in [0.2, 0.25) is 0 Å². The molecule has 0 radical (unpaired) electrons. The van der Waals surface area contributed by atoms with Crippen molar-refractivity contribution in [2.24, 2.45) is 0 Å². The molecule has 6 aromatic rings. The van der Waals surface area contributed by atoms with Crippen molar-refractivity contribution in [3.8, 4) is 0 Å². The molecular formula is C30H27Br3Ti3. The fourth-order valence-corrected chi connectivity index (χ4v) is 3.97. The van der Waals surface area contributed by atoms with E-state index in [0.717, 1.165) is 0 Å². The molecule has 0 saturated carbocycles. The van der Waals surface area contributed by atoms with Gasteiger partial charge in [0, 0.05) is 0 Å². The summed E-state index contributed by atoms with van der Waals surface area (Å²) in [5, 5.41) is 8.17. The average molecular weight is 771 g/mol. The summed E-state index contributed by atoms with van der Waals surface area (Å²) in [5.41, 5.74) is 4.09. The van der Waals surface area contributed by atoms with Gasteiger partial charge in [-0.3, -0.25) is 0 Å². The van der Waals surface area contributed by atoms with Crippen molar-refractivity contribution in [2.45, 2.75) is 20.8 Å². The molecule has 36 heavy (non-hydrogen) atoms. The van der Waals surface area contributed by atoms with E-state index in [4.69, 9.17) is 0 Å². The quantitative estimate of drug-likeness (QED) is 0.146. The molecule has 0 bridgehead atoms. The number of rotatable bonds is 0. The van der Waals surface area contributed by atoms with Gasteiger partial charge >= 0.3 is 65.2 Å². The molecule has 0 atom stereocenters. The second kappa shape index (κ2) is 20.0. The molecule has 0 unspecified atom stereocenters. The monoisotopic (exact) mass is 768 g/mol. The number of benzene rings is 3. The van der Waals surface area contributed by atoms with Crippen LogP contribution in [-0.4, -0.2) is 0 Å². The number of aryl methyl sites for hydroxylation is 3. The number of hydrogen-bond acceptors (Lipinski definition) is 0. The molecule has 6 aromatic carbocycles. The van der Waals surface area contributed by atoms with E-state index in [1.807, 2.05) is 0 Å². The van der Waals surface area contributed by atoms with E-state index in [-0.39, 0.29) is 116 Å². The zero-order valence-corrected chi connectivity index (χ0v) is 30.0. The molecule has 0 nitrogen and oxygen atoms in total. The number of fused-ring (bicyclic) bond motifs is 3. The fourth-order valence-electron chi connectivity index (χ4n) is 3.97. The summed E-state index contributed by atoms with van der Waals surface area (Å²) < 4.78 is 0.